The van der Waals surface area contributed by atoms with Gasteiger partial charge in [0.25, 0.3) is 0 Å². The number of hydrogen-bond donors (Lipinski definition) is 2. The number of alkyl halides is 1. The van der Waals surface area contributed by atoms with Crippen molar-refractivity contribution in [3.8, 4) is 0 Å². The van der Waals surface area contributed by atoms with Gasteiger partial charge in [0, 0.05) is 18.8 Å². The average Bonchev–Trinajstić information content (AvgIpc) is 2.34. The Morgan fingerprint density at radius 2 is 1.88 bits per heavy atom. The quantitative estimate of drug-likeness (QED) is 0.747. The van der Waals surface area contributed by atoms with E-state index in [2.05, 4.69) is 5.32 Å². The van der Waals surface area contributed by atoms with Crippen molar-refractivity contribution in [2.24, 2.45) is 0 Å². The lowest BCUT2D eigenvalue weighted by atomic mass is 10.1. The van der Waals surface area contributed by atoms with Crippen molar-refractivity contribution in [1.29, 1.82) is 0 Å². The van der Waals surface area contributed by atoms with E-state index in [0.29, 0.717) is 25.3 Å². The second kappa shape index (κ2) is 7.25. The first-order valence-electron chi connectivity index (χ1n) is 5.27. The molecule has 2 N–H and O–H groups in total. The summed E-state index contributed by atoms with van der Waals surface area (Å²) in [6.45, 7) is 0.565. The van der Waals surface area contributed by atoms with E-state index in [1.165, 1.54) is 0 Å². The summed E-state index contributed by atoms with van der Waals surface area (Å²) in [6.07, 6.45) is 1.18. The number of halogens is 1. The lowest BCUT2D eigenvalue weighted by Gasteiger charge is -2.05. The average molecular weight is 242 g/mol. The lowest BCUT2D eigenvalue weighted by molar-refractivity contribution is -0.121. The summed E-state index contributed by atoms with van der Waals surface area (Å²) in [5, 5.41) is 11.7. The van der Waals surface area contributed by atoms with E-state index in [1.807, 2.05) is 24.3 Å². The Labute approximate surface area is 100 Å². The Kier molecular flexibility index (Phi) is 5.90. The van der Waals surface area contributed by atoms with Crippen LogP contribution in [0.4, 0.5) is 0 Å². The molecule has 88 valence electrons. The zero-order valence-corrected chi connectivity index (χ0v) is 9.83. The van der Waals surface area contributed by atoms with E-state index in [9.17, 15) is 4.79 Å². The van der Waals surface area contributed by atoms with E-state index < -0.39 is 0 Å². The van der Waals surface area contributed by atoms with Crippen LogP contribution in [0, 0.1) is 0 Å². The van der Waals surface area contributed by atoms with Crippen LogP contribution in [0.1, 0.15) is 24.0 Å². The predicted molar refractivity (Wildman–Crippen MR) is 64.2 cm³/mol. The molecule has 0 saturated carbocycles. The minimum atomic E-state index is 0.0203. The molecule has 1 rings (SSSR count). The van der Waals surface area contributed by atoms with Crippen LogP contribution in [0.25, 0.3) is 0 Å². The van der Waals surface area contributed by atoms with Crippen LogP contribution < -0.4 is 5.32 Å². The molecular formula is C12H16ClNO2. The summed E-state index contributed by atoms with van der Waals surface area (Å²) >= 11 is 5.49. The summed E-state index contributed by atoms with van der Waals surface area (Å²) in [7, 11) is 0. The molecule has 16 heavy (non-hydrogen) atoms. The van der Waals surface area contributed by atoms with Crippen LogP contribution >= 0.6 is 11.6 Å². The smallest absolute Gasteiger partial charge is 0.220 e. The van der Waals surface area contributed by atoms with Gasteiger partial charge in [-0.25, -0.2) is 0 Å². The summed E-state index contributed by atoms with van der Waals surface area (Å²) in [5.41, 5.74) is 1.90. The molecule has 0 unspecified atom stereocenters. The normalized spacial score (nSPS) is 10.1. The minimum absolute atomic E-state index is 0.0203. The van der Waals surface area contributed by atoms with Gasteiger partial charge in [0.15, 0.2) is 0 Å². The van der Waals surface area contributed by atoms with E-state index >= 15 is 0 Å². The summed E-state index contributed by atoms with van der Waals surface area (Å²) in [6, 6.07) is 7.49. The number of rotatable bonds is 6. The number of carbonyl (C=O) groups excluding carboxylic acids is 1. The zero-order chi connectivity index (χ0) is 11.8. The van der Waals surface area contributed by atoms with Gasteiger partial charge in [-0.15, -0.1) is 11.6 Å². The van der Waals surface area contributed by atoms with Crippen molar-refractivity contribution in [2.75, 3.05) is 5.88 Å². The Morgan fingerprint density at radius 1 is 1.25 bits per heavy atom. The van der Waals surface area contributed by atoms with Gasteiger partial charge in [-0.05, 0) is 17.5 Å². The van der Waals surface area contributed by atoms with Gasteiger partial charge in [-0.2, -0.15) is 0 Å². The van der Waals surface area contributed by atoms with E-state index in [-0.39, 0.29) is 12.5 Å². The van der Waals surface area contributed by atoms with E-state index in [1.54, 1.807) is 0 Å². The summed E-state index contributed by atoms with van der Waals surface area (Å²) in [4.78, 5) is 11.3. The second-order valence-corrected chi connectivity index (χ2v) is 3.92. The minimum Gasteiger partial charge on any atom is -0.392 e. The molecular weight excluding hydrogens is 226 g/mol. The number of carbonyl (C=O) groups is 1. The third-order valence-corrected chi connectivity index (χ3v) is 2.50. The molecule has 0 aliphatic carbocycles. The van der Waals surface area contributed by atoms with Crippen LogP contribution in [0.2, 0.25) is 0 Å². The molecule has 0 heterocycles. The molecule has 0 saturated heterocycles. The Balaban J connectivity index is 2.33. The molecule has 1 aromatic rings. The standard InChI is InChI=1S/C12H16ClNO2/c13-7-1-2-12(16)14-8-10-3-5-11(9-15)6-4-10/h3-6,15H,1-2,7-9H2,(H,14,16). The zero-order valence-electron chi connectivity index (χ0n) is 9.08. The number of hydrogen-bond acceptors (Lipinski definition) is 2. The van der Waals surface area contributed by atoms with Crippen LogP contribution in [0.15, 0.2) is 24.3 Å². The maximum absolute atomic E-state index is 11.3. The highest BCUT2D eigenvalue weighted by Gasteiger charge is 2.00. The fraction of sp³-hybridized carbons (Fsp3) is 0.417. The predicted octanol–water partition coefficient (Wildman–Crippen LogP) is 1.81. The number of nitrogens with one attached hydrogen (secondary N) is 1. The first kappa shape index (κ1) is 13.0. The first-order chi connectivity index (χ1) is 7.76. The SMILES string of the molecule is O=C(CCCCl)NCc1ccc(CO)cc1. The van der Waals surface area contributed by atoms with Crippen molar-refractivity contribution in [3.05, 3.63) is 35.4 Å². The molecule has 0 fully saturated rings. The monoisotopic (exact) mass is 241 g/mol. The van der Waals surface area contributed by atoms with E-state index in [4.69, 9.17) is 16.7 Å². The molecule has 0 radical (unpaired) electrons. The molecule has 3 nitrogen and oxygen atoms in total. The summed E-state index contributed by atoms with van der Waals surface area (Å²) < 4.78 is 0. The van der Waals surface area contributed by atoms with Crippen molar-refractivity contribution in [3.63, 3.8) is 0 Å². The van der Waals surface area contributed by atoms with Crippen molar-refractivity contribution >= 4 is 17.5 Å². The lowest BCUT2D eigenvalue weighted by Crippen LogP contribution is -2.22. The second-order valence-electron chi connectivity index (χ2n) is 3.54. The largest absolute Gasteiger partial charge is 0.392 e. The van der Waals surface area contributed by atoms with Crippen molar-refractivity contribution in [2.45, 2.75) is 26.0 Å². The van der Waals surface area contributed by atoms with Crippen LogP contribution in [-0.4, -0.2) is 16.9 Å². The topological polar surface area (TPSA) is 49.3 Å². The Morgan fingerprint density at radius 3 is 2.44 bits per heavy atom. The summed E-state index contributed by atoms with van der Waals surface area (Å²) in [5.74, 6) is 0.533. The van der Waals surface area contributed by atoms with Crippen molar-refractivity contribution in [1.82, 2.24) is 5.32 Å². The highest BCUT2D eigenvalue weighted by Crippen LogP contribution is 2.04. The molecule has 0 atom stereocenters. The van der Waals surface area contributed by atoms with Crippen LogP contribution in [-0.2, 0) is 17.9 Å². The fourth-order valence-electron chi connectivity index (χ4n) is 1.28. The number of aliphatic hydroxyl groups excluding tert-OH is 1. The molecule has 0 aliphatic heterocycles. The van der Waals surface area contributed by atoms with Crippen LogP contribution in [0.5, 0.6) is 0 Å². The van der Waals surface area contributed by atoms with Gasteiger partial charge in [0.1, 0.15) is 0 Å². The molecule has 0 spiro atoms. The number of benzene rings is 1. The number of amides is 1. The maximum atomic E-state index is 11.3. The molecule has 0 aliphatic rings. The third kappa shape index (κ3) is 4.64. The van der Waals surface area contributed by atoms with Gasteiger partial charge < -0.3 is 10.4 Å². The van der Waals surface area contributed by atoms with Crippen LogP contribution in [0.3, 0.4) is 0 Å². The van der Waals surface area contributed by atoms with Gasteiger partial charge in [-0.3, -0.25) is 4.79 Å². The Hall–Kier alpha value is -1.06. The molecule has 1 aromatic carbocycles. The van der Waals surface area contributed by atoms with E-state index in [0.717, 1.165) is 11.1 Å². The fourth-order valence-corrected chi connectivity index (χ4v) is 1.41. The van der Waals surface area contributed by atoms with Gasteiger partial charge in [0.05, 0.1) is 6.61 Å². The molecule has 1 amide bonds. The molecule has 4 heteroatoms. The maximum Gasteiger partial charge on any atom is 0.220 e. The highest BCUT2D eigenvalue weighted by atomic mass is 35.5. The van der Waals surface area contributed by atoms with Crippen molar-refractivity contribution < 1.29 is 9.90 Å². The first-order valence-corrected chi connectivity index (χ1v) is 5.81. The van der Waals surface area contributed by atoms with Gasteiger partial charge >= 0.3 is 0 Å². The Bertz CT molecular complexity index is 324. The van der Waals surface area contributed by atoms with Gasteiger partial charge in [-0.1, -0.05) is 24.3 Å². The molecule has 0 bridgehead atoms. The third-order valence-electron chi connectivity index (χ3n) is 2.23. The number of aliphatic hydroxyl groups is 1. The van der Waals surface area contributed by atoms with Gasteiger partial charge in [0.2, 0.25) is 5.91 Å². The molecule has 0 aromatic heterocycles. The highest BCUT2D eigenvalue weighted by molar-refractivity contribution is 6.17.